The lowest BCUT2D eigenvalue weighted by atomic mass is 9.98. The molecule has 2 aliphatic heterocycles. The van der Waals surface area contributed by atoms with E-state index in [1.165, 1.54) is 12.8 Å². The van der Waals surface area contributed by atoms with Crippen molar-refractivity contribution in [2.75, 3.05) is 19.7 Å². The van der Waals surface area contributed by atoms with Crippen LogP contribution in [0.3, 0.4) is 0 Å². The van der Waals surface area contributed by atoms with Gasteiger partial charge >= 0.3 is 0 Å². The molecule has 0 aromatic carbocycles. The van der Waals surface area contributed by atoms with Crippen molar-refractivity contribution < 1.29 is 9.15 Å². The maximum Gasteiger partial charge on any atom is 0.197 e. The third kappa shape index (κ3) is 2.53. The zero-order valence-electron chi connectivity index (χ0n) is 10.2. The number of hydrogen-bond acceptors (Lipinski definition) is 4. The third-order valence-electron chi connectivity index (χ3n) is 3.73. The highest BCUT2D eigenvalue weighted by Gasteiger charge is 2.24. The summed E-state index contributed by atoms with van der Waals surface area (Å²) in [7, 11) is 0. The standard InChI is InChI=1S/C13H20N2O2/c1-2-8-16-11(3-1)12-9-15-13(17-12)10-4-6-14-7-5-10/h9-11,14H,1-8H2. The van der Waals surface area contributed by atoms with Gasteiger partial charge in [-0.2, -0.15) is 0 Å². The molecule has 4 nitrogen and oxygen atoms in total. The topological polar surface area (TPSA) is 47.3 Å². The summed E-state index contributed by atoms with van der Waals surface area (Å²) >= 11 is 0. The maximum atomic E-state index is 5.90. The summed E-state index contributed by atoms with van der Waals surface area (Å²) in [6.07, 6.45) is 7.75. The Labute approximate surface area is 102 Å². The van der Waals surface area contributed by atoms with Crippen LogP contribution in [0.25, 0.3) is 0 Å². The van der Waals surface area contributed by atoms with Gasteiger partial charge in [-0.15, -0.1) is 0 Å². The molecule has 1 aromatic rings. The van der Waals surface area contributed by atoms with E-state index in [0.29, 0.717) is 5.92 Å². The van der Waals surface area contributed by atoms with Crippen molar-refractivity contribution in [2.45, 2.75) is 44.1 Å². The van der Waals surface area contributed by atoms with Crippen LogP contribution in [0.1, 0.15) is 55.8 Å². The van der Waals surface area contributed by atoms with E-state index < -0.39 is 0 Å². The number of nitrogens with zero attached hydrogens (tertiary/aromatic N) is 1. The summed E-state index contributed by atoms with van der Waals surface area (Å²) < 4.78 is 11.6. The molecule has 0 saturated carbocycles. The zero-order valence-corrected chi connectivity index (χ0v) is 10.2. The SMILES string of the molecule is c1nc(C2CCNCC2)oc1C1CCCCO1. The molecule has 2 saturated heterocycles. The van der Waals surface area contributed by atoms with Gasteiger partial charge in [-0.1, -0.05) is 0 Å². The van der Waals surface area contributed by atoms with Gasteiger partial charge in [0.2, 0.25) is 0 Å². The van der Waals surface area contributed by atoms with Crippen LogP contribution in [0.2, 0.25) is 0 Å². The second-order valence-electron chi connectivity index (χ2n) is 4.98. The molecular formula is C13H20N2O2. The quantitative estimate of drug-likeness (QED) is 0.856. The van der Waals surface area contributed by atoms with Gasteiger partial charge in [-0.3, -0.25) is 0 Å². The zero-order chi connectivity index (χ0) is 11.5. The van der Waals surface area contributed by atoms with Crippen LogP contribution in [0.15, 0.2) is 10.6 Å². The number of aromatic nitrogens is 1. The second kappa shape index (κ2) is 5.19. The molecule has 17 heavy (non-hydrogen) atoms. The van der Waals surface area contributed by atoms with Crippen LogP contribution in [0.5, 0.6) is 0 Å². The van der Waals surface area contributed by atoms with Crippen LogP contribution >= 0.6 is 0 Å². The molecule has 3 rings (SSSR count). The molecule has 2 aliphatic rings. The van der Waals surface area contributed by atoms with Gasteiger partial charge in [0, 0.05) is 12.5 Å². The van der Waals surface area contributed by atoms with E-state index in [-0.39, 0.29) is 6.10 Å². The first kappa shape index (κ1) is 11.2. The van der Waals surface area contributed by atoms with Crippen molar-refractivity contribution in [1.29, 1.82) is 0 Å². The molecule has 2 fully saturated rings. The van der Waals surface area contributed by atoms with Crippen LogP contribution < -0.4 is 5.32 Å². The summed E-state index contributed by atoms with van der Waals surface area (Å²) in [6, 6.07) is 0. The fourth-order valence-electron chi connectivity index (χ4n) is 2.67. The predicted octanol–water partition coefficient (Wildman–Crippen LogP) is 2.38. The Kier molecular flexibility index (Phi) is 3.43. The number of ether oxygens (including phenoxy) is 1. The number of piperidine rings is 1. The van der Waals surface area contributed by atoms with Crippen LogP contribution in [0.4, 0.5) is 0 Å². The Morgan fingerprint density at radius 2 is 2.06 bits per heavy atom. The van der Waals surface area contributed by atoms with E-state index in [1.54, 1.807) is 0 Å². The Morgan fingerprint density at radius 3 is 2.82 bits per heavy atom. The lowest BCUT2D eigenvalue weighted by molar-refractivity contribution is 0.000967. The molecule has 0 aliphatic carbocycles. The smallest absolute Gasteiger partial charge is 0.197 e. The largest absolute Gasteiger partial charge is 0.443 e. The molecule has 4 heteroatoms. The van der Waals surface area contributed by atoms with Gasteiger partial charge in [-0.25, -0.2) is 4.98 Å². The van der Waals surface area contributed by atoms with Crippen molar-refractivity contribution in [3.05, 3.63) is 17.8 Å². The fraction of sp³-hybridized carbons (Fsp3) is 0.769. The summed E-state index contributed by atoms with van der Waals surface area (Å²) in [6.45, 7) is 3.00. The Bertz CT molecular complexity index is 320. The highest BCUT2D eigenvalue weighted by molar-refractivity contribution is 5.03. The fourth-order valence-corrected chi connectivity index (χ4v) is 2.67. The van der Waals surface area contributed by atoms with Gasteiger partial charge in [0.1, 0.15) is 6.10 Å². The van der Waals surface area contributed by atoms with Crippen molar-refractivity contribution in [2.24, 2.45) is 0 Å². The monoisotopic (exact) mass is 236 g/mol. The number of hydrogen-bond donors (Lipinski definition) is 1. The highest BCUT2D eigenvalue weighted by Crippen LogP contribution is 2.31. The molecule has 0 amide bonds. The average Bonchev–Trinajstić information content (AvgIpc) is 2.90. The minimum atomic E-state index is 0.145. The number of rotatable bonds is 2. The van der Waals surface area contributed by atoms with Gasteiger partial charge in [0.15, 0.2) is 11.7 Å². The highest BCUT2D eigenvalue weighted by atomic mass is 16.5. The number of oxazole rings is 1. The van der Waals surface area contributed by atoms with Gasteiger partial charge in [0.05, 0.1) is 6.20 Å². The summed E-state index contributed by atoms with van der Waals surface area (Å²) in [4.78, 5) is 4.44. The molecular weight excluding hydrogens is 216 g/mol. The molecule has 1 N–H and O–H groups in total. The van der Waals surface area contributed by atoms with E-state index in [0.717, 1.165) is 50.6 Å². The molecule has 0 spiro atoms. The normalized spacial score (nSPS) is 27.2. The minimum absolute atomic E-state index is 0.145. The van der Waals surface area contributed by atoms with Crippen molar-refractivity contribution in [3.63, 3.8) is 0 Å². The van der Waals surface area contributed by atoms with Crippen molar-refractivity contribution >= 4 is 0 Å². The van der Waals surface area contributed by atoms with Crippen LogP contribution in [0, 0.1) is 0 Å². The predicted molar refractivity (Wildman–Crippen MR) is 63.9 cm³/mol. The molecule has 1 atom stereocenters. The number of nitrogens with one attached hydrogen (secondary N) is 1. The summed E-state index contributed by atoms with van der Waals surface area (Å²) in [5.74, 6) is 2.34. The van der Waals surface area contributed by atoms with Gasteiger partial charge < -0.3 is 14.5 Å². The van der Waals surface area contributed by atoms with Crippen molar-refractivity contribution in [3.8, 4) is 0 Å². The van der Waals surface area contributed by atoms with Crippen LogP contribution in [-0.2, 0) is 4.74 Å². The molecule has 1 unspecified atom stereocenters. The van der Waals surface area contributed by atoms with E-state index in [4.69, 9.17) is 9.15 Å². The Hall–Kier alpha value is -0.870. The lowest BCUT2D eigenvalue weighted by Crippen LogP contribution is -2.26. The Balaban J connectivity index is 1.68. The summed E-state index contributed by atoms with van der Waals surface area (Å²) in [5.41, 5.74) is 0. The van der Waals surface area contributed by atoms with Gasteiger partial charge in [-0.05, 0) is 45.2 Å². The van der Waals surface area contributed by atoms with Crippen molar-refractivity contribution in [1.82, 2.24) is 10.3 Å². The molecule has 0 radical (unpaired) electrons. The second-order valence-corrected chi connectivity index (χ2v) is 4.98. The average molecular weight is 236 g/mol. The van der Waals surface area contributed by atoms with E-state index >= 15 is 0 Å². The molecule has 1 aromatic heterocycles. The first-order valence-corrected chi connectivity index (χ1v) is 6.71. The first-order chi connectivity index (χ1) is 8.43. The first-order valence-electron chi connectivity index (χ1n) is 6.71. The lowest BCUT2D eigenvalue weighted by Gasteiger charge is -2.21. The van der Waals surface area contributed by atoms with E-state index in [2.05, 4.69) is 10.3 Å². The third-order valence-corrected chi connectivity index (χ3v) is 3.73. The molecule has 0 bridgehead atoms. The minimum Gasteiger partial charge on any atom is -0.443 e. The van der Waals surface area contributed by atoms with E-state index in [1.807, 2.05) is 6.20 Å². The van der Waals surface area contributed by atoms with E-state index in [9.17, 15) is 0 Å². The molecule has 3 heterocycles. The van der Waals surface area contributed by atoms with Crippen LogP contribution in [-0.4, -0.2) is 24.7 Å². The Morgan fingerprint density at radius 1 is 1.18 bits per heavy atom. The summed E-state index contributed by atoms with van der Waals surface area (Å²) in [5, 5.41) is 3.36. The maximum absolute atomic E-state index is 5.90. The molecule has 94 valence electrons. The van der Waals surface area contributed by atoms with Gasteiger partial charge in [0.25, 0.3) is 0 Å².